The summed E-state index contributed by atoms with van der Waals surface area (Å²) in [6, 6.07) is 2.30. The van der Waals surface area contributed by atoms with E-state index in [0.717, 1.165) is 38.2 Å². The van der Waals surface area contributed by atoms with Crippen LogP contribution >= 0.6 is 0 Å². The van der Waals surface area contributed by atoms with Crippen LogP contribution in [0.2, 0.25) is 0 Å². The van der Waals surface area contributed by atoms with Gasteiger partial charge in [0.2, 0.25) is 0 Å². The molecule has 110 valence electrons. The Hall–Kier alpha value is -1.49. The van der Waals surface area contributed by atoms with Gasteiger partial charge in [-0.3, -0.25) is 4.79 Å². The Balaban J connectivity index is 1.68. The zero-order valence-corrected chi connectivity index (χ0v) is 12.4. The molecule has 0 bridgehead atoms. The zero-order chi connectivity index (χ0) is 14.3. The molecule has 2 N–H and O–H groups in total. The van der Waals surface area contributed by atoms with Gasteiger partial charge < -0.3 is 20.1 Å². The maximum absolute atomic E-state index is 12.6. The van der Waals surface area contributed by atoms with Gasteiger partial charge in [0.05, 0.1) is 5.69 Å². The molecule has 3 rings (SSSR count). The Morgan fingerprint density at radius 3 is 2.80 bits per heavy atom. The van der Waals surface area contributed by atoms with Crippen molar-refractivity contribution in [3.63, 3.8) is 0 Å². The summed E-state index contributed by atoms with van der Waals surface area (Å²) in [4.78, 5) is 16.8. The maximum atomic E-state index is 12.6. The van der Waals surface area contributed by atoms with Gasteiger partial charge >= 0.3 is 0 Å². The SMILES string of the molecule is CN1CCC(CN(C)C(=O)c2cc(N)cn2C2CC2)C1. The van der Waals surface area contributed by atoms with Crippen LogP contribution in [0, 0.1) is 5.92 Å². The van der Waals surface area contributed by atoms with Crippen LogP contribution in [0.25, 0.3) is 0 Å². The van der Waals surface area contributed by atoms with Crippen molar-refractivity contribution >= 4 is 11.6 Å². The lowest BCUT2D eigenvalue weighted by Gasteiger charge is -2.22. The van der Waals surface area contributed by atoms with Crippen molar-refractivity contribution in [2.75, 3.05) is 39.5 Å². The molecule has 1 unspecified atom stereocenters. The second-order valence-corrected chi connectivity index (χ2v) is 6.40. The lowest BCUT2D eigenvalue weighted by molar-refractivity contribution is 0.0763. The summed E-state index contributed by atoms with van der Waals surface area (Å²) in [6.07, 6.45) is 5.40. The molecule has 2 aliphatic rings. The second kappa shape index (κ2) is 5.13. The van der Waals surface area contributed by atoms with E-state index in [4.69, 9.17) is 5.73 Å². The Bertz CT molecular complexity index is 506. The second-order valence-electron chi connectivity index (χ2n) is 6.40. The fourth-order valence-electron chi connectivity index (χ4n) is 3.17. The first-order chi connectivity index (χ1) is 9.54. The zero-order valence-electron chi connectivity index (χ0n) is 12.4. The summed E-state index contributed by atoms with van der Waals surface area (Å²) in [5, 5.41) is 0. The number of carbonyl (C=O) groups excluding carboxylic acids is 1. The normalized spacial score (nSPS) is 23.2. The number of hydrogen-bond acceptors (Lipinski definition) is 3. The largest absolute Gasteiger partial charge is 0.397 e. The van der Waals surface area contributed by atoms with Crippen LogP contribution in [0.15, 0.2) is 12.3 Å². The third-order valence-electron chi connectivity index (χ3n) is 4.40. The first-order valence-corrected chi connectivity index (χ1v) is 7.46. The average Bonchev–Trinajstić information content (AvgIpc) is 3.07. The van der Waals surface area contributed by atoms with Crippen LogP contribution < -0.4 is 5.73 Å². The fourth-order valence-corrected chi connectivity index (χ4v) is 3.17. The Morgan fingerprint density at radius 2 is 2.20 bits per heavy atom. The average molecular weight is 276 g/mol. The van der Waals surface area contributed by atoms with Gasteiger partial charge in [0.25, 0.3) is 5.91 Å². The fraction of sp³-hybridized carbons (Fsp3) is 0.667. The maximum Gasteiger partial charge on any atom is 0.270 e. The van der Waals surface area contributed by atoms with Gasteiger partial charge in [0.1, 0.15) is 5.69 Å². The van der Waals surface area contributed by atoms with Gasteiger partial charge in [-0.25, -0.2) is 0 Å². The third kappa shape index (κ3) is 2.68. The van der Waals surface area contributed by atoms with Crippen molar-refractivity contribution in [2.45, 2.75) is 25.3 Å². The van der Waals surface area contributed by atoms with Crippen LogP contribution in [-0.4, -0.2) is 54.0 Å². The summed E-state index contributed by atoms with van der Waals surface area (Å²) in [6.45, 7) is 3.06. The number of nitrogens with two attached hydrogens (primary N) is 1. The Morgan fingerprint density at radius 1 is 1.45 bits per heavy atom. The number of anilines is 1. The molecular formula is C15H24N4O. The summed E-state index contributed by atoms with van der Waals surface area (Å²) in [5.41, 5.74) is 7.30. The third-order valence-corrected chi connectivity index (χ3v) is 4.40. The quantitative estimate of drug-likeness (QED) is 0.905. The van der Waals surface area contributed by atoms with E-state index in [9.17, 15) is 4.79 Å². The van der Waals surface area contributed by atoms with Crippen molar-refractivity contribution < 1.29 is 4.79 Å². The molecule has 0 aromatic carbocycles. The van der Waals surface area contributed by atoms with E-state index in [2.05, 4.69) is 16.5 Å². The molecule has 2 fully saturated rings. The number of nitrogen functional groups attached to an aromatic ring is 1. The smallest absolute Gasteiger partial charge is 0.270 e. The molecule has 1 aliphatic carbocycles. The monoisotopic (exact) mass is 276 g/mol. The molecule has 0 spiro atoms. The van der Waals surface area contributed by atoms with Gasteiger partial charge in [-0.1, -0.05) is 0 Å². The van der Waals surface area contributed by atoms with E-state index >= 15 is 0 Å². The molecule has 20 heavy (non-hydrogen) atoms. The Kier molecular flexibility index (Phi) is 3.46. The number of carbonyl (C=O) groups is 1. The van der Waals surface area contributed by atoms with Crippen LogP contribution in [-0.2, 0) is 0 Å². The molecule has 1 saturated carbocycles. The van der Waals surface area contributed by atoms with E-state index in [1.165, 1.54) is 6.42 Å². The lowest BCUT2D eigenvalue weighted by Crippen LogP contribution is -2.33. The van der Waals surface area contributed by atoms with Crippen molar-refractivity contribution in [1.82, 2.24) is 14.4 Å². The Labute approximate surface area is 120 Å². The van der Waals surface area contributed by atoms with Crippen molar-refractivity contribution in [3.05, 3.63) is 18.0 Å². The van der Waals surface area contributed by atoms with Crippen LogP contribution in [0.3, 0.4) is 0 Å². The molecule has 1 atom stereocenters. The van der Waals surface area contributed by atoms with Crippen molar-refractivity contribution in [1.29, 1.82) is 0 Å². The molecule has 1 saturated heterocycles. The van der Waals surface area contributed by atoms with Crippen molar-refractivity contribution in [2.24, 2.45) is 5.92 Å². The van der Waals surface area contributed by atoms with Crippen LogP contribution in [0.1, 0.15) is 35.8 Å². The molecule has 1 aliphatic heterocycles. The van der Waals surface area contributed by atoms with E-state index in [1.807, 2.05) is 24.2 Å². The number of hydrogen-bond donors (Lipinski definition) is 1. The van der Waals surface area contributed by atoms with Gasteiger partial charge in [0.15, 0.2) is 0 Å². The van der Waals surface area contributed by atoms with E-state index in [1.54, 1.807) is 0 Å². The van der Waals surface area contributed by atoms with E-state index in [-0.39, 0.29) is 5.91 Å². The van der Waals surface area contributed by atoms with Gasteiger partial charge in [0, 0.05) is 32.4 Å². The predicted octanol–water partition coefficient (Wildman–Crippen LogP) is 1.43. The molecule has 5 nitrogen and oxygen atoms in total. The molecule has 1 aromatic rings. The number of amides is 1. The minimum absolute atomic E-state index is 0.100. The number of nitrogens with zero attached hydrogens (tertiary/aromatic N) is 3. The summed E-state index contributed by atoms with van der Waals surface area (Å²) in [7, 11) is 4.04. The summed E-state index contributed by atoms with van der Waals surface area (Å²) < 4.78 is 2.06. The van der Waals surface area contributed by atoms with Crippen LogP contribution in [0.5, 0.6) is 0 Å². The topological polar surface area (TPSA) is 54.5 Å². The van der Waals surface area contributed by atoms with Crippen LogP contribution in [0.4, 0.5) is 5.69 Å². The van der Waals surface area contributed by atoms with Gasteiger partial charge in [-0.15, -0.1) is 0 Å². The number of rotatable bonds is 4. The first kappa shape index (κ1) is 13.5. The van der Waals surface area contributed by atoms with Gasteiger partial charge in [-0.2, -0.15) is 0 Å². The summed E-state index contributed by atoms with van der Waals surface area (Å²) in [5.74, 6) is 0.693. The highest BCUT2D eigenvalue weighted by Crippen LogP contribution is 2.37. The predicted molar refractivity (Wildman–Crippen MR) is 79.7 cm³/mol. The highest BCUT2D eigenvalue weighted by molar-refractivity contribution is 5.93. The highest BCUT2D eigenvalue weighted by atomic mass is 16.2. The molecule has 5 heteroatoms. The van der Waals surface area contributed by atoms with E-state index < -0.39 is 0 Å². The number of likely N-dealkylation sites (tertiary alicyclic amines) is 1. The molecule has 0 radical (unpaired) electrons. The molecule has 1 aromatic heterocycles. The van der Waals surface area contributed by atoms with Gasteiger partial charge in [-0.05, 0) is 44.8 Å². The van der Waals surface area contributed by atoms with E-state index in [0.29, 0.717) is 17.6 Å². The number of aromatic nitrogens is 1. The standard InChI is InChI=1S/C15H24N4O/c1-17-6-5-11(8-17)9-18(2)15(20)14-7-12(16)10-19(14)13-3-4-13/h7,10-11,13H,3-6,8-9,16H2,1-2H3. The van der Waals surface area contributed by atoms with Crippen molar-refractivity contribution in [3.8, 4) is 0 Å². The lowest BCUT2D eigenvalue weighted by atomic mass is 10.1. The highest BCUT2D eigenvalue weighted by Gasteiger charge is 2.30. The molecule has 1 amide bonds. The minimum atomic E-state index is 0.100. The molecule has 2 heterocycles. The minimum Gasteiger partial charge on any atom is -0.397 e. The first-order valence-electron chi connectivity index (χ1n) is 7.46. The molecular weight excluding hydrogens is 252 g/mol. The summed E-state index contributed by atoms with van der Waals surface area (Å²) >= 11 is 0.